The Bertz CT molecular complexity index is 878. The van der Waals surface area contributed by atoms with Crippen molar-refractivity contribution in [1.82, 2.24) is 5.32 Å². The lowest BCUT2D eigenvalue weighted by Crippen LogP contribution is -2.58. The second-order valence-corrected chi connectivity index (χ2v) is 5.74. The van der Waals surface area contributed by atoms with Crippen LogP contribution in [-0.4, -0.2) is 35.2 Å². The Morgan fingerprint density at radius 1 is 1.08 bits per heavy atom. The summed E-state index contributed by atoms with van der Waals surface area (Å²) in [5.74, 6) is -2.45. The summed E-state index contributed by atoms with van der Waals surface area (Å²) in [7, 11) is 1.49. The van der Waals surface area contributed by atoms with E-state index in [1.165, 1.54) is 31.4 Å². The summed E-state index contributed by atoms with van der Waals surface area (Å²) in [6, 6.07) is 9.28. The largest absolute Gasteiger partial charge is 0.508 e. The van der Waals surface area contributed by atoms with Crippen LogP contribution in [0.3, 0.4) is 0 Å². The third kappa shape index (κ3) is 3.16. The van der Waals surface area contributed by atoms with Crippen molar-refractivity contribution in [2.45, 2.75) is 6.42 Å². The highest BCUT2D eigenvalue weighted by molar-refractivity contribution is 6.27. The molecule has 4 amide bonds. The molecule has 3 N–H and O–H groups in total. The van der Waals surface area contributed by atoms with E-state index in [2.05, 4.69) is 5.32 Å². The Balaban J connectivity index is 1.89. The fraction of sp³-hybridized carbons (Fsp3) is 0.167. The average molecular weight is 356 g/mol. The van der Waals surface area contributed by atoms with Crippen LogP contribution in [0.2, 0.25) is 0 Å². The van der Waals surface area contributed by atoms with Crippen molar-refractivity contribution in [3.8, 4) is 17.2 Å². The number of hydrogen-bond acceptors (Lipinski definition) is 6. The molecule has 1 fully saturated rings. The first-order valence-corrected chi connectivity index (χ1v) is 7.74. The van der Waals surface area contributed by atoms with Crippen molar-refractivity contribution in [2.75, 3.05) is 12.0 Å². The first-order chi connectivity index (χ1) is 12.4. The van der Waals surface area contributed by atoms with Crippen molar-refractivity contribution < 1.29 is 29.3 Å². The van der Waals surface area contributed by atoms with E-state index in [1.54, 1.807) is 12.1 Å². The molecular formula is C18H16N2O6. The summed E-state index contributed by atoms with van der Waals surface area (Å²) in [6.07, 6.45) is -0.114. The summed E-state index contributed by atoms with van der Waals surface area (Å²) in [4.78, 5) is 37.9. The van der Waals surface area contributed by atoms with Crippen LogP contribution in [0.25, 0.3) is 0 Å². The van der Waals surface area contributed by atoms with Gasteiger partial charge in [0.1, 0.15) is 23.2 Å². The molecule has 1 heterocycles. The molecule has 0 saturated carbocycles. The predicted molar refractivity (Wildman–Crippen MR) is 91.0 cm³/mol. The monoisotopic (exact) mass is 356 g/mol. The molecule has 1 unspecified atom stereocenters. The van der Waals surface area contributed by atoms with Crippen LogP contribution in [0.15, 0.2) is 42.5 Å². The molecule has 8 heteroatoms. The van der Waals surface area contributed by atoms with Crippen molar-refractivity contribution in [3.05, 3.63) is 48.0 Å². The number of rotatable bonds is 4. The highest BCUT2D eigenvalue weighted by atomic mass is 16.5. The molecule has 1 aliphatic rings. The maximum atomic E-state index is 12.8. The minimum atomic E-state index is -1.19. The van der Waals surface area contributed by atoms with Crippen molar-refractivity contribution >= 4 is 23.5 Å². The predicted octanol–water partition coefficient (Wildman–Crippen LogP) is 1.55. The number of aromatic hydroxyl groups is 2. The first kappa shape index (κ1) is 17.3. The number of urea groups is 1. The van der Waals surface area contributed by atoms with Gasteiger partial charge in [0.25, 0.3) is 0 Å². The van der Waals surface area contributed by atoms with Gasteiger partial charge in [0.05, 0.1) is 12.8 Å². The highest BCUT2D eigenvalue weighted by Gasteiger charge is 2.41. The average Bonchev–Trinajstić information content (AvgIpc) is 2.60. The van der Waals surface area contributed by atoms with Gasteiger partial charge in [-0.3, -0.25) is 14.9 Å². The summed E-state index contributed by atoms with van der Waals surface area (Å²) >= 11 is 0. The SMILES string of the molecule is COc1ccc(N2C(=O)NC(=O)C(Cc3ccc(O)cc3O)C2=O)cc1. The van der Waals surface area contributed by atoms with Crippen molar-refractivity contribution in [3.63, 3.8) is 0 Å². The van der Waals surface area contributed by atoms with Gasteiger partial charge < -0.3 is 14.9 Å². The number of nitrogens with zero attached hydrogens (tertiary/aromatic N) is 1. The molecule has 1 atom stereocenters. The fourth-order valence-corrected chi connectivity index (χ4v) is 2.72. The number of nitrogens with one attached hydrogen (secondary N) is 1. The van der Waals surface area contributed by atoms with Crippen LogP contribution in [0, 0.1) is 5.92 Å². The zero-order chi connectivity index (χ0) is 18.8. The lowest BCUT2D eigenvalue weighted by molar-refractivity contribution is -0.134. The molecule has 0 spiro atoms. The van der Waals surface area contributed by atoms with Gasteiger partial charge in [-0.05, 0) is 42.3 Å². The van der Waals surface area contributed by atoms with Gasteiger partial charge >= 0.3 is 6.03 Å². The van der Waals surface area contributed by atoms with Crippen LogP contribution >= 0.6 is 0 Å². The zero-order valence-corrected chi connectivity index (χ0v) is 13.8. The van der Waals surface area contributed by atoms with Crippen molar-refractivity contribution in [2.24, 2.45) is 5.92 Å². The van der Waals surface area contributed by atoms with Gasteiger partial charge in [0.2, 0.25) is 11.8 Å². The van der Waals surface area contributed by atoms with E-state index in [4.69, 9.17) is 4.74 Å². The number of phenols is 2. The van der Waals surface area contributed by atoms with Crippen LogP contribution in [-0.2, 0) is 16.0 Å². The third-order valence-corrected chi connectivity index (χ3v) is 4.09. The van der Waals surface area contributed by atoms with E-state index in [0.717, 1.165) is 11.0 Å². The normalized spacial score (nSPS) is 17.2. The maximum absolute atomic E-state index is 12.8. The molecule has 2 aromatic carbocycles. The number of methoxy groups -OCH3 is 1. The van der Waals surface area contributed by atoms with Crippen LogP contribution in [0.1, 0.15) is 5.56 Å². The Morgan fingerprint density at radius 2 is 1.77 bits per heavy atom. The minimum absolute atomic E-state index is 0.114. The number of barbiturate groups is 1. The van der Waals surface area contributed by atoms with Gasteiger partial charge in [-0.15, -0.1) is 0 Å². The molecule has 0 bridgehead atoms. The van der Waals surface area contributed by atoms with Crippen molar-refractivity contribution in [1.29, 1.82) is 0 Å². The summed E-state index contributed by atoms with van der Waals surface area (Å²) < 4.78 is 5.04. The first-order valence-electron chi connectivity index (χ1n) is 7.74. The summed E-state index contributed by atoms with van der Waals surface area (Å²) in [6.45, 7) is 0. The van der Waals surface area contributed by atoms with E-state index < -0.39 is 23.8 Å². The topological polar surface area (TPSA) is 116 Å². The number of carbonyl (C=O) groups excluding carboxylic acids is 3. The van der Waals surface area contributed by atoms with E-state index in [1.807, 2.05) is 0 Å². The molecule has 2 aromatic rings. The number of anilines is 1. The number of benzene rings is 2. The number of imide groups is 2. The number of hydrogen-bond donors (Lipinski definition) is 3. The van der Waals surface area contributed by atoms with Crippen LogP contribution < -0.4 is 15.0 Å². The molecule has 8 nitrogen and oxygen atoms in total. The second-order valence-electron chi connectivity index (χ2n) is 5.74. The lowest BCUT2D eigenvalue weighted by Gasteiger charge is -2.30. The third-order valence-electron chi connectivity index (χ3n) is 4.09. The molecule has 26 heavy (non-hydrogen) atoms. The number of phenolic OH excluding ortho intramolecular Hbond substituents is 2. The van der Waals surface area contributed by atoms with E-state index in [0.29, 0.717) is 17.0 Å². The molecule has 0 aliphatic carbocycles. The highest BCUT2D eigenvalue weighted by Crippen LogP contribution is 2.28. The molecule has 0 radical (unpaired) electrons. The van der Waals surface area contributed by atoms with Gasteiger partial charge in [0.15, 0.2) is 0 Å². The van der Waals surface area contributed by atoms with Crippen LogP contribution in [0.5, 0.6) is 17.2 Å². The Morgan fingerprint density at radius 3 is 2.38 bits per heavy atom. The molecule has 0 aromatic heterocycles. The van der Waals surface area contributed by atoms with E-state index >= 15 is 0 Å². The second kappa shape index (κ2) is 6.75. The minimum Gasteiger partial charge on any atom is -0.508 e. The number of amides is 4. The quantitative estimate of drug-likeness (QED) is 0.716. The van der Waals surface area contributed by atoms with E-state index in [9.17, 15) is 24.6 Å². The summed E-state index contributed by atoms with van der Waals surface area (Å²) in [5.41, 5.74) is 0.598. The fourth-order valence-electron chi connectivity index (χ4n) is 2.72. The van der Waals surface area contributed by atoms with Gasteiger partial charge in [-0.25, -0.2) is 9.69 Å². The number of ether oxygens (including phenoxy) is 1. The molecule has 134 valence electrons. The van der Waals surface area contributed by atoms with Gasteiger partial charge in [0, 0.05) is 6.07 Å². The van der Waals surface area contributed by atoms with E-state index in [-0.39, 0.29) is 17.9 Å². The van der Waals surface area contributed by atoms with Gasteiger partial charge in [-0.1, -0.05) is 6.07 Å². The van der Waals surface area contributed by atoms with Crippen LogP contribution in [0.4, 0.5) is 10.5 Å². The zero-order valence-electron chi connectivity index (χ0n) is 13.8. The maximum Gasteiger partial charge on any atom is 0.335 e. The smallest absolute Gasteiger partial charge is 0.335 e. The molecular weight excluding hydrogens is 340 g/mol. The Kier molecular flexibility index (Phi) is 4.49. The Hall–Kier alpha value is -3.55. The molecule has 1 saturated heterocycles. The van der Waals surface area contributed by atoms with Gasteiger partial charge in [-0.2, -0.15) is 0 Å². The number of carbonyl (C=O) groups is 3. The summed E-state index contributed by atoms with van der Waals surface area (Å²) in [5, 5.41) is 21.4. The molecule has 1 aliphatic heterocycles. The Labute approximate surface area is 148 Å². The molecule has 3 rings (SSSR count). The standard InChI is InChI=1S/C18H16N2O6/c1-26-13-6-3-11(4-7-13)20-17(24)14(16(23)19-18(20)25)8-10-2-5-12(21)9-15(10)22/h2-7,9,14,21-22H,8H2,1H3,(H,19,23,25). The lowest BCUT2D eigenvalue weighted by atomic mass is 9.94.